The van der Waals surface area contributed by atoms with Crippen molar-refractivity contribution < 1.29 is 14.2 Å². The molecule has 2 aliphatic heterocycles. The fourth-order valence-electron chi connectivity index (χ4n) is 4.35. The Morgan fingerprint density at radius 3 is 2.55 bits per heavy atom. The number of para-hydroxylation sites is 1. The first kappa shape index (κ1) is 25.4. The van der Waals surface area contributed by atoms with Crippen LogP contribution in [0.3, 0.4) is 0 Å². The fraction of sp³-hybridized carbons (Fsp3) is 0.480. The van der Waals surface area contributed by atoms with Crippen LogP contribution in [0.1, 0.15) is 36.4 Å². The third-order valence-electron chi connectivity index (χ3n) is 6.04. The van der Waals surface area contributed by atoms with Gasteiger partial charge in [0.25, 0.3) is 0 Å². The van der Waals surface area contributed by atoms with Crippen molar-refractivity contribution in [3.8, 4) is 17.2 Å². The number of aliphatic imine (C=N–C) groups is 1. The summed E-state index contributed by atoms with van der Waals surface area (Å²) in [6, 6.07) is 14.6. The molecule has 7 nitrogen and oxygen atoms in total. The highest BCUT2D eigenvalue weighted by atomic mass is 127. The Kier molecular flexibility index (Phi) is 9.93. The Labute approximate surface area is 213 Å². The van der Waals surface area contributed by atoms with Crippen molar-refractivity contribution in [1.82, 2.24) is 15.5 Å². The summed E-state index contributed by atoms with van der Waals surface area (Å²) in [5, 5.41) is 6.95. The van der Waals surface area contributed by atoms with Crippen molar-refractivity contribution in [3.05, 3.63) is 53.6 Å². The van der Waals surface area contributed by atoms with Gasteiger partial charge in [-0.1, -0.05) is 24.3 Å². The van der Waals surface area contributed by atoms with Gasteiger partial charge in [-0.25, -0.2) is 0 Å². The normalized spacial score (nSPS) is 17.0. The highest BCUT2D eigenvalue weighted by molar-refractivity contribution is 14.0. The molecular weight excluding hydrogens is 531 g/mol. The topological polar surface area (TPSA) is 67.4 Å². The lowest BCUT2D eigenvalue weighted by molar-refractivity contribution is 0.239. The van der Waals surface area contributed by atoms with Crippen LogP contribution >= 0.6 is 24.0 Å². The minimum atomic E-state index is 0. The average molecular weight is 566 g/mol. The number of nitrogens with one attached hydrogen (secondary N) is 2. The highest BCUT2D eigenvalue weighted by Gasteiger charge is 2.26. The molecule has 8 heteroatoms. The van der Waals surface area contributed by atoms with Crippen molar-refractivity contribution in [2.75, 3.05) is 47.0 Å². The van der Waals surface area contributed by atoms with Gasteiger partial charge < -0.3 is 24.8 Å². The molecule has 2 aromatic carbocycles. The predicted molar refractivity (Wildman–Crippen MR) is 142 cm³/mol. The Hall–Kier alpha value is -2.20. The lowest BCUT2D eigenvalue weighted by Gasteiger charge is -2.30. The number of hydrogen-bond acceptors (Lipinski definition) is 5. The number of likely N-dealkylation sites (tertiary alicyclic amines) is 1. The van der Waals surface area contributed by atoms with Crippen LogP contribution in [-0.4, -0.2) is 57.9 Å². The first-order chi connectivity index (χ1) is 15.8. The van der Waals surface area contributed by atoms with Crippen molar-refractivity contribution in [1.29, 1.82) is 0 Å². The summed E-state index contributed by atoms with van der Waals surface area (Å²) in [6.07, 6.45) is 3.38. The van der Waals surface area contributed by atoms with Gasteiger partial charge in [-0.3, -0.25) is 9.89 Å². The van der Waals surface area contributed by atoms with Crippen LogP contribution in [0, 0.1) is 0 Å². The van der Waals surface area contributed by atoms with E-state index in [9.17, 15) is 0 Å². The smallest absolute Gasteiger partial charge is 0.191 e. The molecule has 1 fully saturated rings. The molecule has 2 heterocycles. The van der Waals surface area contributed by atoms with Crippen LogP contribution in [0.15, 0.2) is 47.5 Å². The minimum absolute atomic E-state index is 0. The van der Waals surface area contributed by atoms with E-state index in [4.69, 9.17) is 14.2 Å². The minimum Gasteiger partial charge on any atom is -0.496 e. The van der Waals surface area contributed by atoms with Gasteiger partial charge in [0.15, 0.2) is 17.5 Å². The molecular formula is C25H35IN4O3. The number of ether oxygens (including phenoxy) is 3. The van der Waals surface area contributed by atoms with E-state index in [1.165, 1.54) is 18.4 Å². The van der Waals surface area contributed by atoms with Crippen molar-refractivity contribution in [2.24, 2.45) is 4.99 Å². The maximum absolute atomic E-state index is 5.81. The molecule has 0 aromatic heterocycles. The zero-order valence-electron chi connectivity index (χ0n) is 19.5. The molecule has 0 amide bonds. The van der Waals surface area contributed by atoms with Gasteiger partial charge in [0.1, 0.15) is 5.75 Å². The number of fused-ring (bicyclic) bond motifs is 1. The van der Waals surface area contributed by atoms with Crippen LogP contribution in [0.25, 0.3) is 0 Å². The van der Waals surface area contributed by atoms with Crippen LogP contribution in [0.4, 0.5) is 0 Å². The largest absolute Gasteiger partial charge is 0.496 e. The number of methoxy groups -OCH3 is 1. The first-order valence-corrected chi connectivity index (χ1v) is 11.5. The third-order valence-corrected chi connectivity index (χ3v) is 6.04. The van der Waals surface area contributed by atoms with Gasteiger partial charge in [-0.05, 0) is 49.7 Å². The Morgan fingerprint density at radius 1 is 1.03 bits per heavy atom. The monoisotopic (exact) mass is 566 g/mol. The summed E-state index contributed by atoms with van der Waals surface area (Å²) >= 11 is 0. The molecule has 0 bridgehead atoms. The van der Waals surface area contributed by atoms with Gasteiger partial charge in [0.05, 0.1) is 26.4 Å². The first-order valence-electron chi connectivity index (χ1n) is 11.5. The Bertz CT molecular complexity index is 918. The molecule has 1 atom stereocenters. The summed E-state index contributed by atoms with van der Waals surface area (Å²) in [4.78, 5) is 6.96. The second-order valence-electron chi connectivity index (χ2n) is 8.14. The molecule has 180 valence electrons. The zero-order chi connectivity index (χ0) is 22.2. The quantitative estimate of drug-likeness (QED) is 0.301. The highest BCUT2D eigenvalue weighted by Crippen LogP contribution is 2.32. The predicted octanol–water partition coefficient (Wildman–Crippen LogP) is 3.98. The fourth-order valence-corrected chi connectivity index (χ4v) is 4.35. The van der Waals surface area contributed by atoms with Crippen LogP contribution in [0.5, 0.6) is 17.2 Å². The van der Waals surface area contributed by atoms with Gasteiger partial charge in [-0.15, -0.1) is 24.0 Å². The molecule has 2 aromatic rings. The molecule has 0 radical (unpaired) electrons. The number of guanidine groups is 1. The number of halogens is 1. The summed E-state index contributed by atoms with van der Waals surface area (Å²) in [7, 11) is 3.54. The SMILES string of the molecule is CN=C(NCc1ccc2c(c1)OCCCO2)NCC(c1ccccc1OC)N1CCCC1.I. The molecule has 1 saturated heterocycles. The average Bonchev–Trinajstić information content (AvgIpc) is 3.26. The van der Waals surface area contributed by atoms with Gasteiger partial charge in [-0.2, -0.15) is 0 Å². The maximum Gasteiger partial charge on any atom is 0.191 e. The van der Waals surface area contributed by atoms with E-state index in [0.29, 0.717) is 19.8 Å². The molecule has 1 unspecified atom stereocenters. The van der Waals surface area contributed by atoms with Gasteiger partial charge in [0, 0.05) is 32.1 Å². The molecule has 2 N–H and O–H groups in total. The lowest BCUT2D eigenvalue weighted by atomic mass is 10.0. The number of nitrogens with zero attached hydrogens (tertiary/aromatic N) is 2. The summed E-state index contributed by atoms with van der Waals surface area (Å²) in [5.74, 6) is 3.34. The third kappa shape index (κ3) is 6.66. The van der Waals surface area contributed by atoms with Crippen LogP contribution in [-0.2, 0) is 6.54 Å². The van der Waals surface area contributed by atoms with E-state index in [0.717, 1.165) is 54.8 Å². The van der Waals surface area contributed by atoms with E-state index >= 15 is 0 Å². The van der Waals surface area contributed by atoms with Crippen molar-refractivity contribution in [3.63, 3.8) is 0 Å². The second-order valence-corrected chi connectivity index (χ2v) is 8.14. The van der Waals surface area contributed by atoms with E-state index in [-0.39, 0.29) is 30.0 Å². The van der Waals surface area contributed by atoms with Crippen molar-refractivity contribution in [2.45, 2.75) is 31.8 Å². The molecule has 4 rings (SSSR count). The van der Waals surface area contributed by atoms with E-state index in [2.05, 4.69) is 38.7 Å². The molecule has 2 aliphatic rings. The summed E-state index contributed by atoms with van der Waals surface area (Å²) < 4.78 is 17.2. The van der Waals surface area contributed by atoms with E-state index in [1.807, 2.05) is 24.3 Å². The second kappa shape index (κ2) is 12.9. The molecule has 0 aliphatic carbocycles. The zero-order valence-corrected chi connectivity index (χ0v) is 21.8. The molecule has 33 heavy (non-hydrogen) atoms. The van der Waals surface area contributed by atoms with Gasteiger partial charge in [0.2, 0.25) is 0 Å². The van der Waals surface area contributed by atoms with E-state index in [1.54, 1.807) is 14.2 Å². The Morgan fingerprint density at radius 2 is 1.79 bits per heavy atom. The standard InChI is InChI=1S/C25H34N4O3.HI/c1-26-25(27-17-19-10-11-23-24(16-19)32-15-7-14-31-23)28-18-21(29-12-5-6-13-29)20-8-3-4-9-22(20)30-2;/h3-4,8-11,16,21H,5-7,12-15,17-18H2,1-2H3,(H2,26,27,28);1H. The molecule has 0 spiro atoms. The van der Waals surface area contributed by atoms with Gasteiger partial charge >= 0.3 is 0 Å². The van der Waals surface area contributed by atoms with Crippen LogP contribution < -0.4 is 24.8 Å². The summed E-state index contributed by atoms with van der Waals surface area (Å²) in [5.41, 5.74) is 2.33. The number of rotatable bonds is 7. The van der Waals surface area contributed by atoms with E-state index < -0.39 is 0 Å². The number of hydrogen-bond donors (Lipinski definition) is 2. The Balaban J connectivity index is 0.00000306. The van der Waals surface area contributed by atoms with Crippen LogP contribution in [0.2, 0.25) is 0 Å². The summed E-state index contributed by atoms with van der Waals surface area (Å²) in [6.45, 7) is 5.00. The number of benzene rings is 2. The van der Waals surface area contributed by atoms with Crippen molar-refractivity contribution >= 4 is 29.9 Å². The molecule has 0 saturated carbocycles. The lowest BCUT2D eigenvalue weighted by Crippen LogP contribution is -2.42. The maximum atomic E-state index is 5.81.